The monoisotopic (exact) mass is 613 g/mol. The molecule has 1 heterocycles. The molecule has 0 aliphatic carbocycles. The van der Waals surface area contributed by atoms with Gasteiger partial charge in [-0.2, -0.15) is 0 Å². The van der Waals surface area contributed by atoms with Crippen LogP contribution in [0.25, 0.3) is 55.3 Å². The van der Waals surface area contributed by atoms with E-state index in [-0.39, 0.29) is 0 Å². The number of ether oxygens (including phenoxy) is 1. The highest BCUT2D eigenvalue weighted by molar-refractivity contribution is 6.05. The molecular formula is C46H31NO. The van der Waals surface area contributed by atoms with Crippen molar-refractivity contribution in [3.63, 3.8) is 0 Å². The highest BCUT2D eigenvalue weighted by atomic mass is 16.5. The van der Waals surface area contributed by atoms with Gasteiger partial charge in [-0.05, 0) is 86.6 Å². The molecule has 8 aromatic rings. The number of nitrogens with zero attached hydrogens (tertiary/aromatic N) is 1. The van der Waals surface area contributed by atoms with E-state index in [1.807, 2.05) is 0 Å². The van der Waals surface area contributed by atoms with Crippen LogP contribution < -0.4 is 9.64 Å². The van der Waals surface area contributed by atoms with Crippen LogP contribution in [0.4, 0.5) is 17.1 Å². The van der Waals surface area contributed by atoms with Gasteiger partial charge in [-0.25, -0.2) is 0 Å². The Morgan fingerprint density at radius 1 is 0.333 bits per heavy atom. The molecule has 0 fully saturated rings. The standard InChI is InChI=1S/C46H31NO/c1-3-11-32(12-4-1)33-19-21-34(22-20-33)35-23-26-38(27-24-35)47(37-14-5-2-6-15-37)39-28-29-42-41-17-9-10-18-43(41)46-40-16-8-7-13-36(40)25-30-44(46)48-45(42)31-39/h1-31H. The topological polar surface area (TPSA) is 12.5 Å². The van der Waals surface area contributed by atoms with Crippen molar-refractivity contribution in [1.29, 1.82) is 0 Å². The van der Waals surface area contributed by atoms with Crippen molar-refractivity contribution in [2.24, 2.45) is 0 Å². The number of para-hydroxylation sites is 1. The minimum absolute atomic E-state index is 0.838. The predicted molar refractivity (Wildman–Crippen MR) is 200 cm³/mol. The Balaban J connectivity index is 1.12. The molecule has 0 saturated carbocycles. The molecule has 0 aromatic heterocycles. The van der Waals surface area contributed by atoms with Gasteiger partial charge in [-0.1, -0.05) is 140 Å². The van der Waals surface area contributed by atoms with E-state index >= 15 is 0 Å². The number of rotatable bonds is 5. The van der Waals surface area contributed by atoms with Crippen LogP contribution in [0.2, 0.25) is 0 Å². The molecule has 9 rings (SSSR count). The van der Waals surface area contributed by atoms with Gasteiger partial charge in [-0.3, -0.25) is 0 Å². The Labute approximate surface area is 280 Å². The van der Waals surface area contributed by atoms with Crippen molar-refractivity contribution in [2.45, 2.75) is 0 Å². The van der Waals surface area contributed by atoms with E-state index in [1.165, 1.54) is 44.2 Å². The van der Waals surface area contributed by atoms with Crippen LogP contribution in [0.1, 0.15) is 0 Å². The van der Waals surface area contributed by atoms with Gasteiger partial charge in [0, 0.05) is 34.3 Å². The minimum Gasteiger partial charge on any atom is -0.456 e. The number of fused-ring (bicyclic) bond motifs is 7. The molecule has 0 unspecified atom stereocenters. The quantitative estimate of drug-likeness (QED) is 0.191. The molecule has 2 heteroatoms. The first-order valence-corrected chi connectivity index (χ1v) is 16.3. The third-order valence-electron chi connectivity index (χ3n) is 9.29. The number of benzene rings is 8. The summed E-state index contributed by atoms with van der Waals surface area (Å²) in [6, 6.07) is 66.7. The first-order valence-electron chi connectivity index (χ1n) is 16.3. The van der Waals surface area contributed by atoms with Crippen LogP contribution in [-0.2, 0) is 0 Å². The molecule has 0 saturated heterocycles. The van der Waals surface area contributed by atoms with Crippen molar-refractivity contribution in [2.75, 3.05) is 4.90 Å². The van der Waals surface area contributed by atoms with Gasteiger partial charge in [-0.15, -0.1) is 0 Å². The fraction of sp³-hybridized carbons (Fsp3) is 0. The van der Waals surface area contributed by atoms with Gasteiger partial charge in [0.15, 0.2) is 0 Å². The second-order valence-electron chi connectivity index (χ2n) is 12.1. The lowest BCUT2D eigenvalue weighted by molar-refractivity contribution is 0.488. The van der Waals surface area contributed by atoms with Gasteiger partial charge in [0.25, 0.3) is 0 Å². The molecule has 0 bridgehead atoms. The predicted octanol–water partition coefficient (Wildman–Crippen LogP) is 13.1. The molecule has 0 N–H and O–H groups in total. The molecule has 8 aromatic carbocycles. The first kappa shape index (κ1) is 27.9. The molecule has 1 aliphatic heterocycles. The molecular weight excluding hydrogens is 583 g/mol. The lowest BCUT2D eigenvalue weighted by Crippen LogP contribution is -2.10. The Kier molecular flexibility index (Phi) is 6.84. The third-order valence-corrected chi connectivity index (χ3v) is 9.29. The highest BCUT2D eigenvalue weighted by Crippen LogP contribution is 2.50. The molecule has 226 valence electrons. The fourth-order valence-electron chi connectivity index (χ4n) is 6.94. The maximum absolute atomic E-state index is 6.85. The van der Waals surface area contributed by atoms with Crippen LogP contribution in [0.15, 0.2) is 188 Å². The lowest BCUT2D eigenvalue weighted by atomic mass is 9.91. The second kappa shape index (κ2) is 11.8. The van der Waals surface area contributed by atoms with Crippen LogP contribution in [0.5, 0.6) is 11.5 Å². The average Bonchev–Trinajstić information content (AvgIpc) is 3.30. The van der Waals surface area contributed by atoms with E-state index in [4.69, 9.17) is 4.74 Å². The van der Waals surface area contributed by atoms with Gasteiger partial charge in [0.1, 0.15) is 11.5 Å². The van der Waals surface area contributed by atoms with Crippen LogP contribution in [0, 0.1) is 0 Å². The summed E-state index contributed by atoms with van der Waals surface area (Å²) in [5.74, 6) is 1.70. The minimum atomic E-state index is 0.838. The van der Waals surface area contributed by atoms with Gasteiger partial charge in [0.05, 0.1) is 0 Å². The Bertz CT molecular complexity index is 2400. The SMILES string of the molecule is c1ccc(-c2ccc(-c3ccc(N(c4ccccc4)c4ccc5c(c4)Oc4ccc6ccccc6c4-c4ccccc4-5)cc3)cc2)cc1. The zero-order chi connectivity index (χ0) is 31.9. The van der Waals surface area contributed by atoms with Crippen LogP contribution in [-0.4, -0.2) is 0 Å². The van der Waals surface area contributed by atoms with Crippen molar-refractivity contribution >= 4 is 27.8 Å². The molecule has 48 heavy (non-hydrogen) atoms. The maximum atomic E-state index is 6.85. The summed E-state index contributed by atoms with van der Waals surface area (Å²) in [6.07, 6.45) is 0. The lowest BCUT2D eigenvalue weighted by Gasteiger charge is -2.26. The van der Waals surface area contributed by atoms with Crippen LogP contribution in [0.3, 0.4) is 0 Å². The normalized spacial score (nSPS) is 11.5. The van der Waals surface area contributed by atoms with Crippen molar-refractivity contribution in [1.82, 2.24) is 0 Å². The second-order valence-corrected chi connectivity index (χ2v) is 12.1. The van der Waals surface area contributed by atoms with Crippen molar-refractivity contribution < 1.29 is 4.74 Å². The summed E-state index contributed by atoms with van der Waals surface area (Å²) in [5.41, 5.74) is 12.6. The zero-order valence-electron chi connectivity index (χ0n) is 26.3. The Hall–Kier alpha value is -6.38. The maximum Gasteiger partial charge on any atom is 0.137 e. The molecule has 0 spiro atoms. The van der Waals surface area contributed by atoms with E-state index in [0.29, 0.717) is 0 Å². The number of hydrogen-bond donors (Lipinski definition) is 0. The summed E-state index contributed by atoms with van der Waals surface area (Å²) in [6.45, 7) is 0. The van der Waals surface area contributed by atoms with E-state index < -0.39 is 0 Å². The molecule has 0 radical (unpaired) electrons. The fourth-order valence-corrected chi connectivity index (χ4v) is 6.94. The third kappa shape index (κ3) is 4.92. The summed E-state index contributed by atoms with van der Waals surface area (Å²) >= 11 is 0. The Morgan fingerprint density at radius 2 is 0.875 bits per heavy atom. The van der Waals surface area contributed by atoms with Crippen LogP contribution >= 0.6 is 0 Å². The average molecular weight is 614 g/mol. The van der Waals surface area contributed by atoms with Gasteiger partial charge in [0.2, 0.25) is 0 Å². The smallest absolute Gasteiger partial charge is 0.137 e. The largest absolute Gasteiger partial charge is 0.456 e. The summed E-state index contributed by atoms with van der Waals surface area (Å²) in [4.78, 5) is 2.30. The summed E-state index contributed by atoms with van der Waals surface area (Å²) in [5, 5.41) is 2.39. The Morgan fingerprint density at radius 3 is 1.60 bits per heavy atom. The molecule has 1 aliphatic rings. The number of anilines is 3. The molecule has 0 atom stereocenters. The van der Waals surface area contributed by atoms with Crippen molar-refractivity contribution in [3.8, 4) is 56.0 Å². The zero-order valence-corrected chi connectivity index (χ0v) is 26.3. The summed E-state index contributed by atoms with van der Waals surface area (Å²) in [7, 11) is 0. The molecule has 2 nitrogen and oxygen atoms in total. The number of hydrogen-bond acceptors (Lipinski definition) is 2. The first-order chi connectivity index (χ1) is 23.8. The van der Waals surface area contributed by atoms with E-state index in [2.05, 4.69) is 193 Å². The summed E-state index contributed by atoms with van der Waals surface area (Å²) < 4.78 is 6.85. The van der Waals surface area contributed by atoms with E-state index in [1.54, 1.807) is 0 Å². The van der Waals surface area contributed by atoms with E-state index in [9.17, 15) is 0 Å². The molecule has 0 amide bonds. The van der Waals surface area contributed by atoms with Gasteiger partial charge < -0.3 is 9.64 Å². The van der Waals surface area contributed by atoms with Crippen molar-refractivity contribution in [3.05, 3.63) is 188 Å². The van der Waals surface area contributed by atoms with Gasteiger partial charge >= 0.3 is 0 Å². The van der Waals surface area contributed by atoms with E-state index in [0.717, 1.165) is 39.7 Å². The highest BCUT2D eigenvalue weighted by Gasteiger charge is 2.24.